The van der Waals surface area contributed by atoms with E-state index in [1.54, 1.807) is 6.92 Å². The number of carbonyl (C=O) groups is 1. The van der Waals surface area contributed by atoms with Crippen LogP contribution in [0.3, 0.4) is 0 Å². The number of amides is 1. The van der Waals surface area contributed by atoms with Gasteiger partial charge in [-0.1, -0.05) is 19.8 Å². The quantitative estimate of drug-likeness (QED) is 0.615. The first kappa shape index (κ1) is 15.4. The molecule has 1 fully saturated rings. The molecule has 1 heterocycles. The lowest BCUT2D eigenvalue weighted by Gasteiger charge is -2.15. The van der Waals surface area contributed by atoms with Gasteiger partial charge in [-0.05, 0) is 19.4 Å². The largest absolute Gasteiger partial charge is 0.354 e. The molecule has 106 valence electrons. The number of carbonyl (C=O) groups excluding carboxylic acids is 1. The molecule has 18 heavy (non-hydrogen) atoms. The van der Waals surface area contributed by atoms with Crippen molar-refractivity contribution in [3.63, 3.8) is 0 Å². The van der Waals surface area contributed by atoms with Gasteiger partial charge in [-0.15, -0.1) is 0 Å². The highest BCUT2D eigenvalue weighted by Gasteiger charge is 2.19. The van der Waals surface area contributed by atoms with Gasteiger partial charge in [0.2, 0.25) is 15.9 Å². The van der Waals surface area contributed by atoms with Gasteiger partial charge >= 0.3 is 0 Å². The van der Waals surface area contributed by atoms with Gasteiger partial charge in [0.25, 0.3) is 0 Å². The van der Waals surface area contributed by atoms with Gasteiger partial charge in [-0.2, -0.15) is 0 Å². The van der Waals surface area contributed by atoms with Crippen LogP contribution in [0.4, 0.5) is 0 Å². The van der Waals surface area contributed by atoms with Crippen LogP contribution in [0.1, 0.15) is 32.6 Å². The number of rotatable bonds is 6. The van der Waals surface area contributed by atoms with Crippen LogP contribution in [0, 0.1) is 0 Å². The SMILES string of the molecule is CCNS(=O)(=O)CCNC(=O)C1CCCCCN1. The Kier molecular flexibility index (Phi) is 6.59. The van der Waals surface area contributed by atoms with Gasteiger partial charge in [0.05, 0.1) is 11.8 Å². The lowest BCUT2D eigenvalue weighted by Crippen LogP contribution is -2.45. The van der Waals surface area contributed by atoms with Crippen LogP contribution in [0.25, 0.3) is 0 Å². The van der Waals surface area contributed by atoms with Gasteiger partial charge in [0.1, 0.15) is 0 Å². The van der Waals surface area contributed by atoms with Crippen molar-refractivity contribution in [1.82, 2.24) is 15.4 Å². The van der Waals surface area contributed by atoms with Crippen LogP contribution >= 0.6 is 0 Å². The van der Waals surface area contributed by atoms with Crippen LogP contribution in [0.15, 0.2) is 0 Å². The zero-order valence-electron chi connectivity index (χ0n) is 10.9. The molecule has 0 aliphatic carbocycles. The maximum absolute atomic E-state index is 11.8. The van der Waals surface area contributed by atoms with E-state index in [0.29, 0.717) is 6.54 Å². The summed E-state index contributed by atoms with van der Waals surface area (Å²) in [6, 6.07) is -0.172. The fourth-order valence-corrected chi connectivity index (χ4v) is 2.93. The Bertz CT molecular complexity index is 349. The van der Waals surface area contributed by atoms with Gasteiger partial charge in [-0.3, -0.25) is 4.79 Å². The van der Waals surface area contributed by atoms with Gasteiger partial charge in [0.15, 0.2) is 0 Å². The molecule has 1 aliphatic heterocycles. The number of hydrogen-bond acceptors (Lipinski definition) is 4. The topological polar surface area (TPSA) is 87.3 Å². The van der Waals surface area contributed by atoms with Crippen molar-refractivity contribution in [3.8, 4) is 0 Å². The molecule has 0 aromatic rings. The van der Waals surface area contributed by atoms with Crippen molar-refractivity contribution < 1.29 is 13.2 Å². The van der Waals surface area contributed by atoms with Crippen LogP contribution < -0.4 is 15.4 Å². The maximum atomic E-state index is 11.8. The molecular weight excluding hydrogens is 254 g/mol. The van der Waals surface area contributed by atoms with E-state index in [1.165, 1.54) is 0 Å². The normalized spacial score (nSPS) is 21.3. The van der Waals surface area contributed by atoms with E-state index < -0.39 is 10.0 Å². The average Bonchev–Trinajstić information content (AvgIpc) is 2.56. The van der Waals surface area contributed by atoms with E-state index >= 15 is 0 Å². The summed E-state index contributed by atoms with van der Waals surface area (Å²) >= 11 is 0. The second kappa shape index (κ2) is 7.70. The van der Waals surface area contributed by atoms with Crippen LogP contribution in [-0.4, -0.2) is 45.8 Å². The molecule has 1 atom stereocenters. The summed E-state index contributed by atoms with van der Waals surface area (Å²) in [6.07, 6.45) is 4.11. The zero-order valence-corrected chi connectivity index (χ0v) is 11.7. The highest BCUT2D eigenvalue weighted by Crippen LogP contribution is 2.08. The standard InChI is InChI=1S/C11H23N3O3S/c1-2-14-18(16,17)9-8-13-11(15)10-6-4-3-5-7-12-10/h10,12,14H,2-9H2,1H3,(H,13,15). The summed E-state index contributed by atoms with van der Waals surface area (Å²) in [6.45, 7) is 3.12. The third-order valence-electron chi connectivity index (χ3n) is 2.91. The Morgan fingerprint density at radius 1 is 1.33 bits per heavy atom. The van der Waals surface area contributed by atoms with Crippen LogP contribution in [0.2, 0.25) is 0 Å². The first-order valence-corrected chi connectivity index (χ1v) is 8.19. The molecule has 1 aliphatic rings. The molecule has 1 saturated heterocycles. The minimum atomic E-state index is -3.25. The lowest BCUT2D eigenvalue weighted by molar-refractivity contribution is -0.123. The van der Waals surface area contributed by atoms with E-state index in [1.807, 2.05) is 0 Å². The average molecular weight is 277 g/mol. The molecule has 0 saturated carbocycles. The Hall–Kier alpha value is -0.660. The van der Waals surface area contributed by atoms with Gasteiger partial charge < -0.3 is 10.6 Å². The molecule has 0 aromatic heterocycles. The summed E-state index contributed by atoms with van der Waals surface area (Å²) in [5.41, 5.74) is 0. The van der Waals surface area contributed by atoms with Crippen molar-refractivity contribution in [3.05, 3.63) is 0 Å². The van der Waals surface area contributed by atoms with E-state index in [2.05, 4.69) is 15.4 Å². The molecule has 0 aromatic carbocycles. The summed E-state index contributed by atoms with van der Waals surface area (Å²) in [5.74, 6) is -0.164. The summed E-state index contributed by atoms with van der Waals surface area (Å²) in [4.78, 5) is 11.8. The summed E-state index contributed by atoms with van der Waals surface area (Å²) in [7, 11) is -3.25. The molecule has 0 bridgehead atoms. The zero-order chi connectivity index (χ0) is 13.4. The Morgan fingerprint density at radius 2 is 2.11 bits per heavy atom. The minimum absolute atomic E-state index is 0.0701. The fourth-order valence-electron chi connectivity index (χ4n) is 1.98. The molecule has 0 radical (unpaired) electrons. The molecular formula is C11H23N3O3S. The third kappa shape index (κ3) is 5.79. The molecule has 3 N–H and O–H groups in total. The van der Waals surface area contributed by atoms with E-state index in [0.717, 1.165) is 32.2 Å². The molecule has 1 unspecified atom stereocenters. The predicted molar refractivity (Wildman–Crippen MR) is 70.7 cm³/mol. The predicted octanol–water partition coefficient (Wildman–Crippen LogP) is -0.426. The molecule has 0 spiro atoms. The smallest absolute Gasteiger partial charge is 0.237 e. The second-order valence-corrected chi connectivity index (χ2v) is 6.39. The second-order valence-electron chi connectivity index (χ2n) is 4.46. The van der Waals surface area contributed by atoms with Crippen molar-refractivity contribution in [2.45, 2.75) is 38.6 Å². The molecule has 7 heteroatoms. The van der Waals surface area contributed by atoms with E-state index in [9.17, 15) is 13.2 Å². The van der Waals surface area contributed by atoms with E-state index in [-0.39, 0.29) is 24.2 Å². The molecule has 1 rings (SSSR count). The lowest BCUT2D eigenvalue weighted by atomic mass is 10.1. The van der Waals surface area contributed by atoms with Crippen LogP contribution in [-0.2, 0) is 14.8 Å². The van der Waals surface area contributed by atoms with Crippen molar-refractivity contribution in [2.24, 2.45) is 0 Å². The maximum Gasteiger partial charge on any atom is 0.237 e. The highest BCUT2D eigenvalue weighted by molar-refractivity contribution is 7.89. The van der Waals surface area contributed by atoms with Gasteiger partial charge in [-0.25, -0.2) is 13.1 Å². The Morgan fingerprint density at radius 3 is 2.83 bits per heavy atom. The summed E-state index contributed by atoms with van der Waals surface area (Å²) < 4.78 is 25.1. The summed E-state index contributed by atoms with van der Waals surface area (Å²) in [5, 5.41) is 5.85. The Balaban J connectivity index is 2.28. The van der Waals surface area contributed by atoms with Gasteiger partial charge in [0, 0.05) is 13.1 Å². The highest BCUT2D eigenvalue weighted by atomic mass is 32.2. The monoisotopic (exact) mass is 277 g/mol. The third-order valence-corrected chi connectivity index (χ3v) is 4.38. The van der Waals surface area contributed by atoms with E-state index in [4.69, 9.17) is 0 Å². The molecule has 6 nitrogen and oxygen atoms in total. The molecule has 1 amide bonds. The number of nitrogens with one attached hydrogen (secondary N) is 3. The van der Waals surface area contributed by atoms with Crippen LogP contribution in [0.5, 0.6) is 0 Å². The van der Waals surface area contributed by atoms with Crippen molar-refractivity contribution in [1.29, 1.82) is 0 Å². The van der Waals surface area contributed by atoms with Crippen molar-refractivity contribution >= 4 is 15.9 Å². The Labute approximate surface area is 109 Å². The first-order chi connectivity index (χ1) is 8.55. The minimum Gasteiger partial charge on any atom is -0.354 e. The first-order valence-electron chi connectivity index (χ1n) is 6.53. The fraction of sp³-hybridized carbons (Fsp3) is 0.909. The number of sulfonamides is 1. The van der Waals surface area contributed by atoms with Crippen molar-refractivity contribution in [2.75, 3.05) is 25.4 Å². The number of hydrogen-bond donors (Lipinski definition) is 3.